The van der Waals surface area contributed by atoms with Crippen LogP contribution < -0.4 is 4.90 Å². The summed E-state index contributed by atoms with van der Waals surface area (Å²) in [7, 11) is 0. The molecular formula is C16H21N3O. The first kappa shape index (κ1) is 12.3. The minimum Gasteiger partial charge on any atom is -0.302 e. The van der Waals surface area contributed by atoms with E-state index in [1.165, 1.54) is 25.9 Å². The fourth-order valence-electron chi connectivity index (χ4n) is 3.74. The Morgan fingerprint density at radius 2 is 2.20 bits per heavy atom. The molecule has 1 aromatic rings. The van der Waals surface area contributed by atoms with Crippen LogP contribution in [0.2, 0.25) is 0 Å². The van der Waals surface area contributed by atoms with Crippen LogP contribution in [0, 0.1) is 11.3 Å². The van der Waals surface area contributed by atoms with Gasteiger partial charge in [0.2, 0.25) is 5.91 Å². The maximum Gasteiger partial charge on any atom is 0.228 e. The quantitative estimate of drug-likeness (QED) is 0.842. The highest BCUT2D eigenvalue weighted by atomic mass is 16.2. The van der Waals surface area contributed by atoms with Crippen molar-refractivity contribution in [3.8, 4) is 0 Å². The van der Waals surface area contributed by atoms with Gasteiger partial charge in [-0.25, -0.2) is 4.98 Å². The first-order chi connectivity index (χ1) is 9.74. The fourth-order valence-corrected chi connectivity index (χ4v) is 3.74. The van der Waals surface area contributed by atoms with Crippen molar-refractivity contribution in [1.82, 2.24) is 9.88 Å². The molecule has 20 heavy (non-hydrogen) atoms. The normalized spacial score (nSPS) is 30.6. The van der Waals surface area contributed by atoms with Gasteiger partial charge in [-0.05, 0) is 43.9 Å². The van der Waals surface area contributed by atoms with Gasteiger partial charge < -0.3 is 4.90 Å². The predicted molar refractivity (Wildman–Crippen MR) is 77.4 cm³/mol. The van der Waals surface area contributed by atoms with E-state index in [2.05, 4.69) is 9.88 Å². The van der Waals surface area contributed by atoms with Crippen molar-refractivity contribution in [2.75, 3.05) is 31.1 Å². The van der Waals surface area contributed by atoms with E-state index in [1.807, 2.05) is 23.1 Å². The Bertz CT molecular complexity index is 514. The number of hydrogen-bond donors (Lipinski definition) is 0. The SMILES string of the molecule is O=C1C[C@]2(CCN(CC3CC3)C2)CN1c1ccccn1. The number of carbonyl (C=O) groups excluding carboxylic acids is 1. The van der Waals surface area contributed by atoms with Crippen LogP contribution in [0.3, 0.4) is 0 Å². The molecule has 1 spiro atoms. The lowest BCUT2D eigenvalue weighted by atomic mass is 9.86. The molecule has 4 heteroatoms. The number of likely N-dealkylation sites (tertiary alicyclic amines) is 1. The number of amides is 1. The molecule has 4 rings (SSSR count). The van der Waals surface area contributed by atoms with E-state index < -0.39 is 0 Å². The zero-order valence-corrected chi connectivity index (χ0v) is 11.8. The van der Waals surface area contributed by atoms with E-state index in [0.29, 0.717) is 6.42 Å². The maximum absolute atomic E-state index is 12.3. The van der Waals surface area contributed by atoms with Crippen LogP contribution >= 0.6 is 0 Å². The molecule has 1 atom stereocenters. The maximum atomic E-state index is 12.3. The van der Waals surface area contributed by atoms with Crippen LogP contribution in [0.5, 0.6) is 0 Å². The average Bonchev–Trinajstić information content (AvgIpc) is 3.10. The van der Waals surface area contributed by atoms with Crippen LogP contribution in [0.15, 0.2) is 24.4 Å². The summed E-state index contributed by atoms with van der Waals surface area (Å²) in [4.78, 5) is 21.1. The molecule has 0 unspecified atom stereocenters. The highest BCUT2D eigenvalue weighted by molar-refractivity contribution is 5.95. The second-order valence-electron chi connectivity index (χ2n) is 6.77. The molecule has 4 nitrogen and oxygen atoms in total. The number of nitrogens with zero attached hydrogens (tertiary/aromatic N) is 3. The lowest BCUT2D eigenvalue weighted by molar-refractivity contribution is -0.117. The zero-order valence-electron chi connectivity index (χ0n) is 11.8. The predicted octanol–water partition coefficient (Wildman–Crippen LogP) is 1.92. The van der Waals surface area contributed by atoms with Crippen molar-refractivity contribution in [2.45, 2.75) is 25.7 Å². The third kappa shape index (κ3) is 2.22. The van der Waals surface area contributed by atoms with Gasteiger partial charge in [0.15, 0.2) is 0 Å². The molecule has 1 aromatic heterocycles. The molecule has 1 saturated carbocycles. The lowest BCUT2D eigenvalue weighted by Gasteiger charge is -2.23. The van der Waals surface area contributed by atoms with Gasteiger partial charge in [0.1, 0.15) is 5.82 Å². The third-order valence-corrected chi connectivity index (χ3v) is 4.98. The number of pyridine rings is 1. The van der Waals surface area contributed by atoms with Gasteiger partial charge in [0, 0.05) is 37.7 Å². The molecule has 2 aliphatic heterocycles. The Hall–Kier alpha value is -1.42. The molecular weight excluding hydrogens is 250 g/mol. The van der Waals surface area contributed by atoms with Gasteiger partial charge in [-0.1, -0.05) is 6.07 Å². The number of aromatic nitrogens is 1. The molecule has 3 heterocycles. The summed E-state index contributed by atoms with van der Waals surface area (Å²) in [5, 5.41) is 0. The van der Waals surface area contributed by atoms with Gasteiger partial charge in [0.05, 0.1) is 0 Å². The van der Waals surface area contributed by atoms with Crippen molar-refractivity contribution >= 4 is 11.7 Å². The van der Waals surface area contributed by atoms with Crippen molar-refractivity contribution < 1.29 is 4.79 Å². The van der Waals surface area contributed by atoms with Gasteiger partial charge >= 0.3 is 0 Å². The second kappa shape index (κ2) is 4.55. The Labute approximate surface area is 119 Å². The van der Waals surface area contributed by atoms with Crippen LogP contribution in [-0.4, -0.2) is 42.0 Å². The van der Waals surface area contributed by atoms with E-state index in [-0.39, 0.29) is 11.3 Å². The minimum atomic E-state index is 0.184. The van der Waals surface area contributed by atoms with Crippen LogP contribution in [0.25, 0.3) is 0 Å². The molecule has 3 aliphatic rings. The topological polar surface area (TPSA) is 36.4 Å². The lowest BCUT2D eigenvalue weighted by Crippen LogP contribution is -2.32. The number of hydrogen-bond acceptors (Lipinski definition) is 3. The Balaban J connectivity index is 1.47. The first-order valence-corrected chi connectivity index (χ1v) is 7.68. The summed E-state index contributed by atoms with van der Waals surface area (Å²) >= 11 is 0. The summed E-state index contributed by atoms with van der Waals surface area (Å²) in [5.41, 5.74) is 0.184. The number of rotatable bonds is 3. The van der Waals surface area contributed by atoms with Crippen molar-refractivity contribution in [3.05, 3.63) is 24.4 Å². The fraction of sp³-hybridized carbons (Fsp3) is 0.625. The van der Waals surface area contributed by atoms with Crippen molar-refractivity contribution in [1.29, 1.82) is 0 Å². The highest BCUT2D eigenvalue weighted by Gasteiger charge is 2.48. The molecule has 0 bridgehead atoms. The standard InChI is InChI=1S/C16H21N3O/c20-15-9-16(6-8-18(11-16)10-13-4-5-13)12-19(15)14-3-1-2-7-17-14/h1-3,7,13H,4-6,8-12H2/t16-/m0/s1. The van der Waals surface area contributed by atoms with E-state index in [0.717, 1.165) is 31.2 Å². The van der Waals surface area contributed by atoms with Gasteiger partial charge in [-0.3, -0.25) is 9.69 Å². The highest BCUT2D eigenvalue weighted by Crippen LogP contribution is 2.42. The summed E-state index contributed by atoms with van der Waals surface area (Å²) in [6, 6.07) is 5.79. The van der Waals surface area contributed by atoms with Gasteiger partial charge in [-0.15, -0.1) is 0 Å². The monoisotopic (exact) mass is 271 g/mol. The van der Waals surface area contributed by atoms with E-state index >= 15 is 0 Å². The summed E-state index contributed by atoms with van der Waals surface area (Å²) in [6.07, 6.45) is 6.44. The van der Waals surface area contributed by atoms with Gasteiger partial charge in [-0.2, -0.15) is 0 Å². The van der Waals surface area contributed by atoms with Crippen LogP contribution in [-0.2, 0) is 4.79 Å². The molecule has 2 saturated heterocycles. The number of anilines is 1. The summed E-state index contributed by atoms with van der Waals surface area (Å²) in [6.45, 7) is 4.36. The minimum absolute atomic E-state index is 0.184. The molecule has 0 aromatic carbocycles. The molecule has 0 N–H and O–H groups in total. The Morgan fingerprint density at radius 3 is 2.95 bits per heavy atom. The van der Waals surface area contributed by atoms with Crippen molar-refractivity contribution in [3.63, 3.8) is 0 Å². The first-order valence-electron chi connectivity index (χ1n) is 7.68. The molecule has 1 amide bonds. The Kier molecular flexibility index (Phi) is 2.81. The molecule has 106 valence electrons. The van der Waals surface area contributed by atoms with E-state index in [4.69, 9.17) is 0 Å². The molecule has 1 aliphatic carbocycles. The largest absolute Gasteiger partial charge is 0.302 e. The molecule has 3 fully saturated rings. The average molecular weight is 271 g/mol. The smallest absolute Gasteiger partial charge is 0.228 e. The second-order valence-corrected chi connectivity index (χ2v) is 6.77. The Morgan fingerprint density at radius 1 is 1.30 bits per heavy atom. The zero-order chi connectivity index (χ0) is 13.6. The van der Waals surface area contributed by atoms with Gasteiger partial charge in [0.25, 0.3) is 0 Å². The van der Waals surface area contributed by atoms with Crippen LogP contribution in [0.4, 0.5) is 5.82 Å². The number of carbonyl (C=O) groups is 1. The molecule has 0 radical (unpaired) electrons. The van der Waals surface area contributed by atoms with Crippen LogP contribution in [0.1, 0.15) is 25.7 Å². The summed E-state index contributed by atoms with van der Waals surface area (Å²) < 4.78 is 0. The van der Waals surface area contributed by atoms with E-state index in [1.54, 1.807) is 6.20 Å². The third-order valence-electron chi connectivity index (χ3n) is 4.98. The van der Waals surface area contributed by atoms with E-state index in [9.17, 15) is 4.79 Å². The summed E-state index contributed by atoms with van der Waals surface area (Å²) in [5.74, 6) is 2.00. The van der Waals surface area contributed by atoms with Crippen molar-refractivity contribution in [2.24, 2.45) is 11.3 Å².